The van der Waals surface area contributed by atoms with Gasteiger partial charge in [0.15, 0.2) is 5.79 Å². The van der Waals surface area contributed by atoms with Gasteiger partial charge in [-0.3, -0.25) is 0 Å². The summed E-state index contributed by atoms with van der Waals surface area (Å²) in [5, 5.41) is 0. The Labute approximate surface area is 114 Å². The van der Waals surface area contributed by atoms with E-state index in [1.807, 2.05) is 13.0 Å². The lowest BCUT2D eigenvalue weighted by atomic mass is 10.2. The van der Waals surface area contributed by atoms with E-state index in [1.54, 1.807) is 25.1 Å². The van der Waals surface area contributed by atoms with Gasteiger partial charge in [0.1, 0.15) is 0 Å². The van der Waals surface area contributed by atoms with Gasteiger partial charge in [-0.1, -0.05) is 18.2 Å². The molecule has 0 radical (unpaired) electrons. The third-order valence-electron chi connectivity index (χ3n) is 3.15. The van der Waals surface area contributed by atoms with E-state index in [-0.39, 0.29) is 6.54 Å². The predicted octanol–water partition coefficient (Wildman–Crippen LogP) is 1.43. The number of hydrogen-bond donors (Lipinski definition) is 1. The van der Waals surface area contributed by atoms with Crippen LogP contribution in [-0.4, -0.2) is 34.0 Å². The molecule has 0 amide bonds. The van der Waals surface area contributed by atoms with Crippen molar-refractivity contribution in [1.82, 2.24) is 4.72 Å². The lowest BCUT2D eigenvalue weighted by Crippen LogP contribution is -2.33. The second-order valence-corrected chi connectivity index (χ2v) is 6.48. The Hall–Kier alpha value is -0.950. The fourth-order valence-corrected chi connectivity index (χ4v) is 3.33. The summed E-state index contributed by atoms with van der Waals surface area (Å²) in [4.78, 5) is 0.313. The lowest BCUT2D eigenvalue weighted by Gasteiger charge is -2.22. The third-order valence-corrected chi connectivity index (χ3v) is 4.77. The third kappa shape index (κ3) is 3.54. The number of rotatable bonds is 5. The Morgan fingerprint density at radius 2 is 1.89 bits per heavy atom. The average molecular weight is 285 g/mol. The van der Waals surface area contributed by atoms with Gasteiger partial charge in [0.25, 0.3) is 0 Å². The van der Waals surface area contributed by atoms with E-state index < -0.39 is 15.8 Å². The van der Waals surface area contributed by atoms with Crippen LogP contribution in [0.15, 0.2) is 29.2 Å². The summed E-state index contributed by atoms with van der Waals surface area (Å²) >= 11 is 0. The van der Waals surface area contributed by atoms with Crippen molar-refractivity contribution >= 4 is 10.0 Å². The minimum Gasteiger partial charge on any atom is -0.348 e. The molecule has 106 valence electrons. The van der Waals surface area contributed by atoms with E-state index in [2.05, 4.69) is 4.72 Å². The van der Waals surface area contributed by atoms with Gasteiger partial charge < -0.3 is 9.47 Å². The van der Waals surface area contributed by atoms with Gasteiger partial charge in [0, 0.05) is 13.0 Å². The molecule has 1 heterocycles. The van der Waals surface area contributed by atoms with Crippen molar-refractivity contribution in [2.24, 2.45) is 0 Å². The van der Waals surface area contributed by atoms with Crippen LogP contribution in [0.1, 0.15) is 18.9 Å². The molecule has 19 heavy (non-hydrogen) atoms. The number of sulfonamides is 1. The summed E-state index contributed by atoms with van der Waals surface area (Å²) in [6.07, 6.45) is 0.484. The number of aryl methyl sites for hydroxylation is 1. The highest BCUT2D eigenvalue weighted by atomic mass is 32.2. The van der Waals surface area contributed by atoms with Crippen LogP contribution in [-0.2, 0) is 19.5 Å². The molecule has 6 heteroatoms. The molecule has 0 aliphatic carbocycles. The maximum atomic E-state index is 12.1. The molecule has 0 saturated carbocycles. The molecule has 5 nitrogen and oxygen atoms in total. The molecule has 1 aliphatic rings. The zero-order valence-corrected chi connectivity index (χ0v) is 12.0. The first-order chi connectivity index (χ1) is 8.93. The minimum absolute atomic E-state index is 0.285. The molecule has 0 atom stereocenters. The SMILES string of the molecule is Cc1ccccc1S(=O)(=O)NCCC1(C)OCCO1. The predicted molar refractivity (Wildman–Crippen MR) is 71.3 cm³/mol. The Morgan fingerprint density at radius 3 is 2.53 bits per heavy atom. The van der Waals surface area contributed by atoms with Crippen molar-refractivity contribution in [3.05, 3.63) is 29.8 Å². The highest BCUT2D eigenvalue weighted by molar-refractivity contribution is 7.89. The highest BCUT2D eigenvalue weighted by Gasteiger charge is 2.31. The summed E-state index contributed by atoms with van der Waals surface area (Å²) in [7, 11) is -3.47. The standard InChI is InChI=1S/C13H19NO4S/c1-11-5-3-4-6-12(11)19(15,16)14-8-7-13(2)17-9-10-18-13/h3-6,14H,7-10H2,1-2H3. The van der Waals surface area contributed by atoms with Crippen LogP contribution >= 0.6 is 0 Å². The molecular formula is C13H19NO4S. The van der Waals surface area contributed by atoms with E-state index in [4.69, 9.17) is 9.47 Å². The normalized spacial score (nSPS) is 18.6. The van der Waals surface area contributed by atoms with Gasteiger partial charge in [-0.15, -0.1) is 0 Å². The van der Waals surface area contributed by atoms with Gasteiger partial charge >= 0.3 is 0 Å². The topological polar surface area (TPSA) is 64.6 Å². The zero-order valence-electron chi connectivity index (χ0n) is 11.2. The van der Waals surface area contributed by atoms with Crippen LogP contribution in [0.5, 0.6) is 0 Å². The summed E-state index contributed by atoms with van der Waals surface area (Å²) in [6, 6.07) is 6.91. The Morgan fingerprint density at radius 1 is 1.26 bits per heavy atom. The molecule has 2 rings (SSSR count). The average Bonchev–Trinajstić information content (AvgIpc) is 2.76. The van der Waals surface area contributed by atoms with Crippen molar-refractivity contribution in [3.63, 3.8) is 0 Å². The molecule has 1 N–H and O–H groups in total. The van der Waals surface area contributed by atoms with E-state index in [1.165, 1.54) is 0 Å². The van der Waals surface area contributed by atoms with Crippen LogP contribution in [0.4, 0.5) is 0 Å². The second-order valence-electron chi connectivity index (χ2n) is 4.74. The minimum atomic E-state index is -3.47. The molecule has 1 aliphatic heterocycles. The number of hydrogen-bond acceptors (Lipinski definition) is 4. The summed E-state index contributed by atoms with van der Waals surface area (Å²) in [6.45, 7) is 5.00. The van der Waals surface area contributed by atoms with Crippen LogP contribution in [0.2, 0.25) is 0 Å². The largest absolute Gasteiger partial charge is 0.348 e. The maximum absolute atomic E-state index is 12.1. The summed E-state index contributed by atoms with van der Waals surface area (Å²) in [5.74, 6) is -0.672. The quantitative estimate of drug-likeness (QED) is 0.889. The van der Waals surface area contributed by atoms with Gasteiger partial charge in [-0.2, -0.15) is 0 Å². The second kappa shape index (κ2) is 5.58. The highest BCUT2D eigenvalue weighted by Crippen LogP contribution is 2.22. The number of nitrogens with one attached hydrogen (secondary N) is 1. The molecule has 1 aromatic rings. The monoisotopic (exact) mass is 285 g/mol. The van der Waals surface area contributed by atoms with Crippen molar-refractivity contribution in [3.8, 4) is 0 Å². The van der Waals surface area contributed by atoms with E-state index >= 15 is 0 Å². The van der Waals surface area contributed by atoms with E-state index in [0.717, 1.165) is 5.56 Å². The van der Waals surface area contributed by atoms with Gasteiger partial charge in [-0.25, -0.2) is 13.1 Å². The fraction of sp³-hybridized carbons (Fsp3) is 0.538. The molecule has 0 unspecified atom stereocenters. The summed E-state index contributed by atoms with van der Waals surface area (Å²) in [5.41, 5.74) is 0.731. The fourth-order valence-electron chi connectivity index (χ4n) is 2.05. The van der Waals surface area contributed by atoms with Gasteiger partial charge in [0.2, 0.25) is 10.0 Å². The number of ether oxygens (including phenoxy) is 2. The molecular weight excluding hydrogens is 266 g/mol. The molecule has 0 aromatic heterocycles. The molecule has 1 fully saturated rings. The Bertz CT molecular complexity index is 535. The lowest BCUT2D eigenvalue weighted by molar-refractivity contribution is -0.145. The van der Waals surface area contributed by atoms with Crippen molar-refractivity contribution in [2.75, 3.05) is 19.8 Å². The summed E-state index contributed by atoms with van der Waals surface area (Å²) < 4.78 is 37.7. The van der Waals surface area contributed by atoms with Gasteiger partial charge in [-0.05, 0) is 25.5 Å². The molecule has 0 spiro atoms. The van der Waals surface area contributed by atoms with Crippen LogP contribution in [0, 0.1) is 6.92 Å². The molecule has 0 bridgehead atoms. The van der Waals surface area contributed by atoms with Crippen LogP contribution in [0.25, 0.3) is 0 Å². The zero-order chi connectivity index (χ0) is 13.9. The first-order valence-corrected chi connectivity index (χ1v) is 7.74. The molecule has 1 aromatic carbocycles. The van der Waals surface area contributed by atoms with E-state index in [0.29, 0.717) is 24.5 Å². The van der Waals surface area contributed by atoms with Crippen LogP contribution in [0.3, 0.4) is 0 Å². The maximum Gasteiger partial charge on any atom is 0.240 e. The van der Waals surface area contributed by atoms with Crippen molar-refractivity contribution in [1.29, 1.82) is 0 Å². The molecule has 1 saturated heterocycles. The van der Waals surface area contributed by atoms with Crippen molar-refractivity contribution in [2.45, 2.75) is 31.0 Å². The van der Waals surface area contributed by atoms with Gasteiger partial charge in [0.05, 0.1) is 18.1 Å². The van der Waals surface area contributed by atoms with Crippen LogP contribution < -0.4 is 4.72 Å². The Kier molecular flexibility index (Phi) is 4.25. The Balaban J connectivity index is 1.97. The first-order valence-electron chi connectivity index (χ1n) is 6.26. The van der Waals surface area contributed by atoms with Crippen molar-refractivity contribution < 1.29 is 17.9 Å². The first kappa shape index (κ1) is 14.5. The smallest absolute Gasteiger partial charge is 0.240 e. The number of benzene rings is 1. The van der Waals surface area contributed by atoms with E-state index in [9.17, 15) is 8.42 Å².